The number of anilines is 1. The summed E-state index contributed by atoms with van der Waals surface area (Å²) < 4.78 is 21.4. The van der Waals surface area contributed by atoms with Crippen LogP contribution < -0.4 is 24.3 Å². The molecule has 202 valence electrons. The predicted octanol–water partition coefficient (Wildman–Crippen LogP) is 3.63. The van der Waals surface area contributed by atoms with E-state index in [2.05, 4.69) is 10.2 Å². The van der Waals surface area contributed by atoms with E-state index in [4.69, 9.17) is 18.9 Å². The second-order valence-corrected chi connectivity index (χ2v) is 9.11. The number of methoxy groups -OCH3 is 4. The lowest BCUT2D eigenvalue weighted by atomic mass is 9.94. The van der Waals surface area contributed by atoms with Gasteiger partial charge in [0.2, 0.25) is 5.91 Å². The molecule has 10 heteroatoms. The van der Waals surface area contributed by atoms with E-state index >= 15 is 0 Å². The number of carbonyl (C=O) groups is 2. The van der Waals surface area contributed by atoms with Crippen LogP contribution in [0, 0.1) is 0 Å². The van der Waals surface area contributed by atoms with Gasteiger partial charge in [0.25, 0.3) is 5.91 Å². The molecular weight excluding hydrogens is 498 g/mol. The Morgan fingerprint density at radius 1 is 0.946 bits per heavy atom. The van der Waals surface area contributed by atoms with E-state index in [1.807, 2.05) is 11.0 Å². The first-order valence-electron chi connectivity index (χ1n) is 12.3. The molecule has 0 spiro atoms. The van der Waals surface area contributed by atoms with Crippen LogP contribution in [0.15, 0.2) is 30.3 Å². The van der Waals surface area contributed by atoms with E-state index < -0.39 is 0 Å². The fourth-order valence-corrected chi connectivity index (χ4v) is 5.02. The summed E-state index contributed by atoms with van der Waals surface area (Å²) >= 11 is 0. The van der Waals surface area contributed by atoms with Crippen molar-refractivity contribution in [2.24, 2.45) is 0 Å². The lowest BCUT2D eigenvalue weighted by Crippen LogP contribution is -2.52. The number of likely N-dealkylation sites (tertiary alicyclic amines) is 1. The molecule has 0 saturated carbocycles. The number of nitrogens with zero attached hydrogens (tertiary/aromatic N) is 2. The Morgan fingerprint density at radius 3 is 2.27 bits per heavy atom. The average Bonchev–Trinajstić information content (AvgIpc) is 2.91. The third kappa shape index (κ3) is 6.59. The standard InChI is InChI=1S/C27H35N3O6.ClH/c1-33-21-13-19(14-22(15-21)34-2)28-26(31)8-10-29-9-5-6-20(17-29)30-11-7-18-12-24(35-3)25(36-4)16-23(18)27(30)32;/h12-16,20H,5-11,17H2,1-4H3,(H,28,31);1H. The summed E-state index contributed by atoms with van der Waals surface area (Å²) in [5.41, 5.74) is 2.31. The molecule has 4 rings (SSSR count). The topological polar surface area (TPSA) is 89.6 Å². The van der Waals surface area contributed by atoms with Gasteiger partial charge in [-0.1, -0.05) is 0 Å². The zero-order valence-electron chi connectivity index (χ0n) is 21.9. The summed E-state index contributed by atoms with van der Waals surface area (Å²) in [4.78, 5) is 30.3. The van der Waals surface area contributed by atoms with Gasteiger partial charge >= 0.3 is 0 Å². The van der Waals surface area contributed by atoms with Gasteiger partial charge in [-0.15, -0.1) is 12.4 Å². The maximum absolute atomic E-state index is 13.4. The first kappa shape index (κ1) is 28.4. The normalized spacial score (nSPS) is 17.4. The Hall–Kier alpha value is -3.17. The summed E-state index contributed by atoms with van der Waals surface area (Å²) in [5.74, 6) is 2.41. The number of ether oxygens (including phenoxy) is 4. The van der Waals surface area contributed by atoms with E-state index in [1.165, 1.54) is 0 Å². The number of nitrogens with one attached hydrogen (secondary N) is 1. The van der Waals surface area contributed by atoms with E-state index in [9.17, 15) is 9.59 Å². The summed E-state index contributed by atoms with van der Waals surface area (Å²) in [7, 11) is 6.33. The molecule has 37 heavy (non-hydrogen) atoms. The van der Waals surface area contributed by atoms with Crippen LogP contribution in [-0.4, -0.2) is 82.3 Å². The molecule has 0 radical (unpaired) electrons. The van der Waals surface area contributed by atoms with Crippen LogP contribution in [0.5, 0.6) is 23.0 Å². The summed E-state index contributed by atoms with van der Waals surface area (Å²) in [6.45, 7) is 2.99. The first-order valence-corrected chi connectivity index (χ1v) is 12.3. The Balaban J connectivity index is 0.00000380. The molecule has 1 N–H and O–H groups in total. The molecule has 2 heterocycles. The van der Waals surface area contributed by atoms with E-state index in [0.29, 0.717) is 53.8 Å². The zero-order valence-corrected chi connectivity index (χ0v) is 22.7. The maximum Gasteiger partial charge on any atom is 0.254 e. The molecule has 1 saturated heterocycles. The number of carbonyl (C=O) groups excluding carboxylic acids is 2. The van der Waals surface area contributed by atoms with Crippen LogP contribution in [0.1, 0.15) is 35.2 Å². The van der Waals surface area contributed by atoms with Crippen LogP contribution in [0.25, 0.3) is 0 Å². The minimum absolute atomic E-state index is 0. The molecule has 1 fully saturated rings. The average molecular weight is 534 g/mol. The van der Waals surface area contributed by atoms with E-state index in [0.717, 1.165) is 37.9 Å². The highest BCUT2D eigenvalue weighted by Gasteiger charge is 2.33. The zero-order chi connectivity index (χ0) is 25.7. The molecule has 2 aromatic carbocycles. The Morgan fingerprint density at radius 2 is 1.62 bits per heavy atom. The van der Waals surface area contributed by atoms with Crippen molar-refractivity contribution in [3.63, 3.8) is 0 Å². The van der Waals surface area contributed by atoms with Crippen LogP contribution in [-0.2, 0) is 11.2 Å². The quantitative estimate of drug-likeness (QED) is 0.526. The third-order valence-corrected chi connectivity index (χ3v) is 6.93. The second-order valence-electron chi connectivity index (χ2n) is 9.11. The van der Waals surface area contributed by atoms with Crippen LogP contribution in [0.3, 0.4) is 0 Å². The number of rotatable bonds is 9. The number of fused-ring (bicyclic) bond motifs is 1. The van der Waals surface area contributed by atoms with Crippen molar-refractivity contribution >= 4 is 29.9 Å². The van der Waals surface area contributed by atoms with Crippen molar-refractivity contribution in [3.05, 3.63) is 41.5 Å². The van der Waals surface area contributed by atoms with Crippen molar-refractivity contribution in [2.45, 2.75) is 31.7 Å². The van der Waals surface area contributed by atoms with Crippen molar-refractivity contribution in [3.8, 4) is 23.0 Å². The SMILES string of the molecule is COc1cc(NC(=O)CCN2CCCC(N3CCc4cc(OC)c(OC)cc4C3=O)C2)cc(OC)c1.Cl. The number of hydrogen-bond acceptors (Lipinski definition) is 7. The number of halogens is 1. The van der Waals surface area contributed by atoms with Gasteiger partial charge in [0.15, 0.2) is 11.5 Å². The minimum Gasteiger partial charge on any atom is -0.497 e. The second kappa shape index (κ2) is 12.9. The highest BCUT2D eigenvalue weighted by Crippen LogP contribution is 2.34. The monoisotopic (exact) mass is 533 g/mol. The first-order chi connectivity index (χ1) is 17.4. The highest BCUT2D eigenvalue weighted by molar-refractivity contribution is 5.98. The predicted molar refractivity (Wildman–Crippen MR) is 144 cm³/mol. The van der Waals surface area contributed by atoms with Crippen molar-refractivity contribution in [1.82, 2.24) is 9.80 Å². The molecule has 1 atom stereocenters. The molecule has 0 aromatic heterocycles. The molecule has 1 unspecified atom stereocenters. The fraction of sp³-hybridized carbons (Fsp3) is 0.481. The van der Waals surface area contributed by atoms with Gasteiger partial charge in [0.1, 0.15) is 11.5 Å². The third-order valence-electron chi connectivity index (χ3n) is 6.93. The molecule has 0 aliphatic carbocycles. The molecule has 0 bridgehead atoms. The lowest BCUT2D eigenvalue weighted by molar-refractivity contribution is -0.116. The van der Waals surface area contributed by atoms with Gasteiger partial charge in [-0.3, -0.25) is 9.59 Å². The number of amides is 2. The molecule has 9 nitrogen and oxygen atoms in total. The largest absolute Gasteiger partial charge is 0.497 e. The Kier molecular flexibility index (Phi) is 9.88. The van der Waals surface area contributed by atoms with Crippen molar-refractivity contribution in [2.75, 3.05) is 59.9 Å². The number of benzene rings is 2. The van der Waals surface area contributed by atoms with Crippen LogP contribution in [0.4, 0.5) is 5.69 Å². The lowest BCUT2D eigenvalue weighted by Gasteiger charge is -2.41. The fourth-order valence-electron chi connectivity index (χ4n) is 5.02. The Labute approximate surface area is 224 Å². The molecule has 2 aliphatic rings. The summed E-state index contributed by atoms with van der Waals surface area (Å²) in [5, 5.41) is 2.93. The molecule has 2 aliphatic heterocycles. The van der Waals surface area contributed by atoms with Gasteiger partial charge < -0.3 is 34.1 Å². The van der Waals surface area contributed by atoms with Gasteiger partial charge in [0.05, 0.1) is 28.4 Å². The highest BCUT2D eigenvalue weighted by atomic mass is 35.5. The summed E-state index contributed by atoms with van der Waals surface area (Å²) in [6, 6.07) is 9.12. The molecule has 2 aromatic rings. The summed E-state index contributed by atoms with van der Waals surface area (Å²) in [6.07, 6.45) is 3.09. The Bertz CT molecular complexity index is 1090. The maximum atomic E-state index is 13.4. The van der Waals surface area contributed by atoms with E-state index in [1.54, 1.807) is 52.7 Å². The number of hydrogen-bond donors (Lipinski definition) is 1. The van der Waals surface area contributed by atoms with Gasteiger partial charge in [0, 0.05) is 61.5 Å². The van der Waals surface area contributed by atoms with Crippen LogP contribution in [0.2, 0.25) is 0 Å². The number of piperidine rings is 1. The molecule has 2 amide bonds. The van der Waals surface area contributed by atoms with Gasteiger partial charge in [-0.25, -0.2) is 0 Å². The van der Waals surface area contributed by atoms with Crippen molar-refractivity contribution < 1.29 is 28.5 Å². The van der Waals surface area contributed by atoms with Crippen LogP contribution >= 0.6 is 12.4 Å². The smallest absolute Gasteiger partial charge is 0.254 e. The van der Waals surface area contributed by atoms with E-state index in [-0.39, 0.29) is 30.3 Å². The minimum atomic E-state index is -0.0727. The molecular formula is C27H36ClN3O6. The van der Waals surface area contributed by atoms with Gasteiger partial charge in [-0.05, 0) is 43.5 Å². The van der Waals surface area contributed by atoms with Crippen molar-refractivity contribution in [1.29, 1.82) is 0 Å². The van der Waals surface area contributed by atoms with Gasteiger partial charge in [-0.2, -0.15) is 0 Å².